The van der Waals surface area contributed by atoms with Crippen LogP contribution in [0, 0.1) is 5.92 Å². The molecule has 1 aliphatic heterocycles. The quantitative estimate of drug-likeness (QED) is 0.890. The Hall–Kier alpha value is -0.860. The predicted octanol–water partition coefficient (Wildman–Crippen LogP) is 3.24. The third-order valence-electron chi connectivity index (χ3n) is 3.77. The van der Waals surface area contributed by atoms with E-state index in [4.69, 9.17) is 10.5 Å². The maximum absolute atomic E-state index is 6.06. The highest BCUT2D eigenvalue weighted by Crippen LogP contribution is 2.34. The summed E-state index contributed by atoms with van der Waals surface area (Å²) in [5.74, 6) is 0.700. The van der Waals surface area contributed by atoms with Gasteiger partial charge in [0.05, 0.1) is 5.60 Å². The van der Waals surface area contributed by atoms with Crippen molar-refractivity contribution in [2.45, 2.75) is 51.7 Å². The van der Waals surface area contributed by atoms with Gasteiger partial charge in [-0.25, -0.2) is 0 Å². The molecule has 0 spiro atoms. The van der Waals surface area contributed by atoms with Gasteiger partial charge in [-0.05, 0) is 43.2 Å². The van der Waals surface area contributed by atoms with E-state index in [1.807, 2.05) is 0 Å². The van der Waals surface area contributed by atoms with Crippen LogP contribution in [-0.4, -0.2) is 12.6 Å². The van der Waals surface area contributed by atoms with Crippen LogP contribution >= 0.6 is 0 Å². The highest BCUT2D eigenvalue weighted by atomic mass is 16.5. The first-order valence-corrected chi connectivity index (χ1v) is 6.98. The Morgan fingerprint density at radius 1 is 1.33 bits per heavy atom. The van der Waals surface area contributed by atoms with Crippen molar-refractivity contribution in [1.29, 1.82) is 0 Å². The lowest BCUT2D eigenvalue weighted by molar-refractivity contribution is -0.0766. The zero-order valence-corrected chi connectivity index (χ0v) is 11.8. The van der Waals surface area contributed by atoms with Crippen molar-refractivity contribution in [3.05, 3.63) is 35.4 Å². The lowest BCUT2D eigenvalue weighted by Crippen LogP contribution is -2.41. The minimum atomic E-state index is -0.200. The van der Waals surface area contributed by atoms with Gasteiger partial charge in [-0.15, -0.1) is 0 Å². The molecule has 2 atom stereocenters. The van der Waals surface area contributed by atoms with Crippen LogP contribution in [-0.2, 0) is 16.8 Å². The number of hydrogen-bond acceptors (Lipinski definition) is 2. The highest BCUT2D eigenvalue weighted by Gasteiger charge is 2.33. The Morgan fingerprint density at radius 2 is 2.00 bits per heavy atom. The van der Waals surface area contributed by atoms with Crippen molar-refractivity contribution >= 4 is 0 Å². The van der Waals surface area contributed by atoms with Crippen LogP contribution in [0.4, 0.5) is 0 Å². The molecule has 100 valence electrons. The molecule has 0 aliphatic carbocycles. The van der Waals surface area contributed by atoms with Crippen LogP contribution in [0.1, 0.15) is 44.7 Å². The molecule has 2 heteroatoms. The Balaban J connectivity index is 2.13. The summed E-state index contributed by atoms with van der Waals surface area (Å²) < 4.78 is 5.96. The minimum Gasteiger partial charge on any atom is -0.370 e. The number of benzene rings is 1. The maximum atomic E-state index is 6.06. The molecule has 0 radical (unpaired) electrons. The SMILES string of the molecule is CC(C)Cc1ccc(C2(C)CC(N)CCO2)cc1. The molecule has 1 saturated heterocycles. The Morgan fingerprint density at radius 3 is 2.56 bits per heavy atom. The van der Waals surface area contributed by atoms with E-state index < -0.39 is 0 Å². The smallest absolute Gasteiger partial charge is 0.0918 e. The summed E-state index contributed by atoms with van der Waals surface area (Å²) in [7, 11) is 0. The molecule has 2 N–H and O–H groups in total. The molecule has 2 unspecified atom stereocenters. The normalized spacial score (nSPS) is 28.6. The summed E-state index contributed by atoms with van der Waals surface area (Å²) in [6.45, 7) is 7.42. The van der Waals surface area contributed by atoms with Gasteiger partial charge in [0.1, 0.15) is 0 Å². The number of nitrogens with two attached hydrogens (primary N) is 1. The van der Waals surface area contributed by atoms with Gasteiger partial charge >= 0.3 is 0 Å². The lowest BCUT2D eigenvalue weighted by Gasteiger charge is -2.37. The van der Waals surface area contributed by atoms with Gasteiger partial charge in [-0.1, -0.05) is 38.1 Å². The Kier molecular flexibility index (Phi) is 4.08. The van der Waals surface area contributed by atoms with Crippen molar-refractivity contribution < 1.29 is 4.74 Å². The summed E-state index contributed by atoms with van der Waals surface area (Å²) in [5.41, 5.74) is 8.52. The first-order chi connectivity index (χ1) is 8.49. The van der Waals surface area contributed by atoms with E-state index >= 15 is 0 Å². The highest BCUT2D eigenvalue weighted by molar-refractivity contribution is 5.28. The third-order valence-corrected chi connectivity index (χ3v) is 3.77. The molecule has 1 fully saturated rings. The molecule has 18 heavy (non-hydrogen) atoms. The van der Waals surface area contributed by atoms with Gasteiger partial charge in [0, 0.05) is 12.6 Å². The summed E-state index contributed by atoms with van der Waals surface area (Å²) in [6.07, 6.45) is 3.02. The zero-order chi connectivity index (χ0) is 13.2. The second-order valence-corrected chi connectivity index (χ2v) is 6.13. The third kappa shape index (κ3) is 3.12. The molecule has 1 aromatic rings. The van der Waals surface area contributed by atoms with Crippen molar-refractivity contribution in [1.82, 2.24) is 0 Å². The molecule has 2 nitrogen and oxygen atoms in total. The van der Waals surface area contributed by atoms with E-state index in [1.165, 1.54) is 11.1 Å². The maximum Gasteiger partial charge on any atom is 0.0918 e. The molecule has 0 saturated carbocycles. The fraction of sp³-hybridized carbons (Fsp3) is 0.625. The predicted molar refractivity (Wildman–Crippen MR) is 75.5 cm³/mol. The first-order valence-electron chi connectivity index (χ1n) is 6.98. The van der Waals surface area contributed by atoms with E-state index in [9.17, 15) is 0 Å². The van der Waals surface area contributed by atoms with Crippen LogP contribution in [0.2, 0.25) is 0 Å². The molecule has 1 heterocycles. The van der Waals surface area contributed by atoms with Crippen molar-refractivity contribution in [3.63, 3.8) is 0 Å². The number of ether oxygens (including phenoxy) is 1. The second-order valence-electron chi connectivity index (χ2n) is 6.13. The van der Waals surface area contributed by atoms with Gasteiger partial charge in [-0.2, -0.15) is 0 Å². The van der Waals surface area contributed by atoms with Crippen LogP contribution in [0.15, 0.2) is 24.3 Å². The molecular weight excluding hydrogens is 222 g/mol. The molecule has 0 amide bonds. The monoisotopic (exact) mass is 247 g/mol. The summed E-state index contributed by atoms with van der Waals surface area (Å²) in [6, 6.07) is 9.12. The summed E-state index contributed by atoms with van der Waals surface area (Å²) >= 11 is 0. The fourth-order valence-electron chi connectivity index (χ4n) is 2.76. The van der Waals surface area contributed by atoms with Crippen molar-refractivity contribution in [3.8, 4) is 0 Å². The summed E-state index contributed by atoms with van der Waals surface area (Å²) in [5, 5.41) is 0. The van der Waals surface area contributed by atoms with E-state index in [1.54, 1.807) is 0 Å². The number of hydrogen-bond donors (Lipinski definition) is 1. The average molecular weight is 247 g/mol. The fourth-order valence-corrected chi connectivity index (χ4v) is 2.76. The summed E-state index contributed by atoms with van der Waals surface area (Å²) in [4.78, 5) is 0. The Bertz CT molecular complexity index is 385. The lowest BCUT2D eigenvalue weighted by atomic mass is 9.85. The van der Waals surface area contributed by atoms with Crippen LogP contribution in [0.5, 0.6) is 0 Å². The van der Waals surface area contributed by atoms with Gasteiger partial charge in [0.15, 0.2) is 0 Å². The largest absolute Gasteiger partial charge is 0.370 e. The minimum absolute atomic E-state index is 0.200. The van der Waals surface area contributed by atoms with Crippen molar-refractivity contribution in [2.24, 2.45) is 11.7 Å². The van der Waals surface area contributed by atoms with E-state index in [0.717, 1.165) is 25.9 Å². The van der Waals surface area contributed by atoms with E-state index in [2.05, 4.69) is 45.0 Å². The standard InChI is InChI=1S/C16H25NO/c1-12(2)10-13-4-6-14(7-5-13)16(3)11-15(17)8-9-18-16/h4-7,12,15H,8-11,17H2,1-3H3. The first kappa shape index (κ1) is 13.6. The molecule has 2 rings (SSSR count). The Labute approximate surface area is 111 Å². The number of rotatable bonds is 3. The molecule has 1 aliphatic rings. The van der Waals surface area contributed by atoms with E-state index in [-0.39, 0.29) is 11.6 Å². The van der Waals surface area contributed by atoms with Gasteiger partial charge in [-0.3, -0.25) is 0 Å². The van der Waals surface area contributed by atoms with Gasteiger partial charge in [0.2, 0.25) is 0 Å². The average Bonchev–Trinajstić information content (AvgIpc) is 2.28. The zero-order valence-electron chi connectivity index (χ0n) is 11.8. The topological polar surface area (TPSA) is 35.2 Å². The van der Waals surface area contributed by atoms with Gasteiger partial charge in [0.25, 0.3) is 0 Å². The van der Waals surface area contributed by atoms with Crippen molar-refractivity contribution in [2.75, 3.05) is 6.61 Å². The second kappa shape index (κ2) is 5.41. The molecule has 0 aromatic heterocycles. The molecular formula is C16H25NO. The molecule has 0 bridgehead atoms. The van der Waals surface area contributed by atoms with Crippen LogP contribution in [0.3, 0.4) is 0 Å². The molecule has 1 aromatic carbocycles. The van der Waals surface area contributed by atoms with Crippen LogP contribution < -0.4 is 5.73 Å². The van der Waals surface area contributed by atoms with Gasteiger partial charge < -0.3 is 10.5 Å². The van der Waals surface area contributed by atoms with Crippen LogP contribution in [0.25, 0.3) is 0 Å². The van der Waals surface area contributed by atoms with E-state index in [0.29, 0.717) is 5.92 Å².